The number of aliphatic hydroxyl groups is 1. The van der Waals surface area contributed by atoms with Crippen LogP contribution >= 0.6 is 0 Å². The van der Waals surface area contributed by atoms with Crippen molar-refractivity contribution in [2.45, 2.75) is 12.5 Å². The molecular weight excluding hydrogens is 180 g/mol. The number of nitrogens with zero attached hydrogens (tertiary/aromatic N) is 2. The standard InChI is InChI=1S/C10H14N2O2/c1-12(11-14)8-7-10(13)9-5-3-2-4-6-9/h2-6,10,13H,7-8H2,1H3/t10-/m1/s1. The van der Waals surface area contributed by atoms with Gasteiger partial charge in [-0.25, -0.2) is 0 Å². The summed E-state index contributed by atoms with van der Waals surface area (Å²) in [6.07, 6.45) is -0.0212. The molecule has 0 amide bonds. The molecule has 0 aliphatic carbocycles. The normalized spacial score (nSPS) is 12.1. The van der Waals surface area contributed by atoms with Crippen LogP contribution in [0.15, 0.2) is 35.6 Å². The molecule has 1 aromatic carbocycles. The fraction of sp³-hybridized carbons (Fsp3) is 0.400. The Hall–Kier alpha value is -1.42. The molecule has 76 valence electrons. The van der Waals surface area contributed by atoms with Crippen molar-refractivity contribution in [2.75, 3.05) is 13.6 Å². The second-order valence-corrected chi connectivity index (χ2v) is 3.18. The van der Waals surface area contributed by atoms with Crippen LogP contribution in [0.5, 0.6) is 0 Å². The zero-order chi connectivity index (χ0) is 10.4. The smallest absolute Gasteiger partial charge is 0.0807 e. The predicted molar refractivity (Wildman–Crippen MR) is 54.4 cm³/mol. The van der Waals surface area contributed by atoms with E-state index in [1.807, 2.05) is 30.3 Å². The summed E-state index contributed by atoms with van der Waals surface area (Å²) >= 11 is 0. The van der Waals surface area contributed by atoms with Crippen molar-refractivity contribution < 1.29 is 5.11 Å². The van der Waals surface area contributed by atoms with Gasteiger partial charge in [0, 0.05) is 13.6 Å². The Bertz CT molecular complexity index is 277. The van der Waals surface area contributed by atoms with Gasteiger partial charge in [-0.1, -0.05) is 30.3 Å². The molecule has 0 aliphatic rings. The summed E-state index contributed by atoms with van der Waals surface area (Å²) in [6, 6.07) is 9.37. The Morgan fingerprint density at radius 1 is 1.43 bits per heavy atom. The van der Waals surface area contributed by atoms with Crippen molar-refractivity contribution in [1.29, 1.82) is 0 Å². The lowest BCUT2D eigenvalue weighted by Crippen LogP contribution is -2.14. The molecule has 14 heavy (non-hydrogen) atoms. The third kappa shape index (κ3) is 3.14. The van der Waals surface area contributed by atoms with Crippen molar-refractivity contribution >= 4 is 0 Å². The van der Waals surface area contributed by atoms with E-state index in [1.165, 1.54) is 5.01 Å². The SMILES string of the molecule is CN(CC[C@@H](O)c1ccccc1)N=O. The van der Waals surface area contributed by atoms with Gasteiger partial charge in [-0.15, -0.1) is 4.91 Å². The third-order valence-electron chi connectivity index (χ3n) is 2.05. The highest BCUT2D eigenvalue weighted by atomic mass is 16.3. The summed E-state index contributed by atoms with van der Waals surface area (Å²) in [5, 5.41) is 13.7. The molecule has 0 saturated carbocycles. The summed E-state index contributed by atoms with van der Waals surface area (Å²) in [5.41, 5.74) is 0.867. The van der Waals surface area contributed by atoms with E-state index in [9.17, 15) is 10.0 Å². The molecule has 4 nitrogen and oxygen atoms in total. The minimum atomic E-state index is -0.527. The summed E-state index contributed by atoms with van der Waals surface area (Å²) in [5.74, 6) is 0. The van der Waals surface area contributed by atoms with E-state index in [0.717, 1.165) is 5.56 Å². The van der Waals surface area contributed by atoms with Gasteiger partial charge in [0.2, 0.25) is 0 Å². The molecule has 0 saturated heterocycles. The van der Waals surface area contributed by atoms with E-state index in [4.69, 9.17) is 0 Å². The zero-order valence-electron chi connectivity index (χ0n) is 8.13. The molecule has 0 aliphatic heterocycles. The zero-order valence-corrected chi connectivity index (χ0v) is 8.13. The number of nitroso groups, excluding NO2 is 1. The van der Waals surface area contributed by atoms with Gasteiger partial charge in [0.05, 0.1) is 11.4 Å². The van der Waals surface area contributed by atoms with E-state index in [-0.39, 0.29) is 0 Å². The van der Waals surface area contributed by atoms with Gasteiger partial charge in [-0.3, -0.25) is 5.01 Å². The lowest BCUT2D eigenvalue weighted by atomic mass is 10.1. The molecular formula is C10H14N2O2. The Morgan fingerprint density at radius 3 is 2.64 bits per heavy atom. The van der Waals surface area contributed by atoms with Crippen LogP contribution in [0.3, 0.4) is 0 Å². The quantitative estimate of drug-likeness (QED) is 0.573. The van der Waals surface area contributed by atoms with Crippen LogP contribution < -0.4 is 0 Å². The van der Waals surface area contributed by atoms with Crippen molar-refractivity contribution in [3.8, 4) is 0 Å². The molecule has 0 fully saturated rings. The van der Waals surface area contributed by atoms with Gasteiger partial charge in [0.15, 0.2) is 0 Å². The van der Waals surface area contributed by atoms with Gasteiger partial charge in [-0.05, 0) is 12.0 Å². The first-order valence-corrected chi connectivity index (χ1v) is 4.51. The van der Waals surface area contributed by atoms with Crippen molar-refractivity contribution in [3.63, 3.8) is 0 Å². The summed E-state index contributed by atoms with van der Waals surface area (Å²) < 4.78 is 0. The number of hydrogen-bond acceptors (Lipinski definition) is 3. The minimum Gasteiger partial charge on any atom is -0.388 e. The Labute approximate surface area is 83.1 Å². The number of rotatable bonds is 5. The molecule has 0 unspecified atom stereocenters. The molecule has 1 N–H and O–H groups in total. The van der Waals surface area contributed by atoms with Gasteiger partial charge in [0.25, 0.3) is 0 Å². The monoisotopic (exact) mass is 194 g/mol. The maximum absolute atomic E-state index is 10.0. The van der Waals surface area contributed by atoms with Crippen LogP contribution in [0.1, 0.15) is 18.1 Å². The molecule has 1 rings (SSSR count). The van der Waals surface area contributed by atoms with E-state index >= 15 is 0 Å². The first-order chi connectivity index (χ1) is 6.74. The minimum absolute atomic E-state index is 0.458. The van der Waals surface area contributed by atoms with E-state index in [2.05, 4.69) is 5.29 Å². The molecule has 1 aromatic rings. The first-order valence-electron chi connectivity index (χ1n) is 4.51. The van der Waals surface area contributed by atoms with E-state index < -0.39 is 6.10 Å². The fourth-order valence-electron chi connectivity index (χ4n) is 1.19. The second-order valence-electron chi connectivity index (χ2n) is 3.18. The van der Waals surface area contributed by atoms with Crippen LogP contribution in [0.25, 0.3) is 0 Å². The van der Waals surface area contributed by atoms with Gasteiger partial charge < -0.3 is 5.11 Å². The first kappa shape index (κ1) is 10.7. The third-order valence-corrected chi connectivity index (χ3v) is 2.05. The maximum atomic E-state index is 10.0. The van der Waals surface area contributed by atoms with Gasteiger partial charge >= 0.3 is 0 Å². The average Bonchev–Trinajstić information content (AvgIpc) is 2.26. The van der Waals surface area contributed by atoms with Crippen LogP contribution in [-0.4, -0.2) is 23.7 Å². The largest absolute Gasteiger partial charge is 0.388 e. The summed E-state index contributed by atoms with van der Waals surface area (Å²) in [7, 11) is 1.59. The van der Waals surface area contributed by atoms with Crippen LogP contribution in [0.4, 0.5) is 0 Å². The highest BCUT2D eigenvalue weighted by Gasteiger charge is 2.07. The van der Waals surface area contributed by atoms with Crippen LogP contribution in [0.2, 0.25) is 0 Å². The molecule has 0 radical (unpaired) electrons. The maximum Gasteiger partial charge on any atom is 0.0807 e. The number of aliphatic hydroxyl groups excluding tert-OH is 1. The summed E-state index contributed by atoms with van der Waals surface area (Å²) in [4.78, 5) is 10.0. The summed E-state index contributed by atoms with van der Waals surface area (Å²) in [6.45, 7) is 0.458. The number of hydrogen-bond donors (Lipinski definition) is 1. The molecule has 4 heteroatoms. The van der Waals surface area contributed by atoms with E-state index in [0.29, 0.717) is 13.0 Å². The Balaban J connectivity index is 2.43. The molecule has 1 atom stereocenters. The van der Waals surface area contributed by atoms with Crippen molar-refractivity contribution in [1.82, 2.24) is 5.01 Å². The lowest BCUT2D eigenvalue weighted by molar-refractivity contribution is 0.149. The molecule has 0 bridgehead atoms. The molecule has 0 spiro atoms. The Kier molecular flexibility index (Phi) is 4.07. The average molecular weight is 194 g/mol. The highest BCUT2D eigenvalue weighted by Crippen LogP contribution is 2.15. The van der Waals surface area contributed by atoms with Crippen LogP contribution in [0, 0.1) is 4.91 Å². The molecule has 0 aromatic heterocycles. The Morgan fingerprint density at radius 2 is 2.07 bits per heavy atom. The lowest BCUT2D eigenvalue weighted by Gasteiger charge is -2.13. The van der Waals surface area contributed by atoms with Crippen molar-refractivity contribution in [3.05, 3.63) is 40.8 Å². The van der Waals surface area contributed by atoms with Gasteiger partial charge in [0.1, 0.15) is 0 Å². The fourth-order valence-corrected chi connectivity index (χ4v) is 1.19. The van der Waals surface area contributed by atoms with Crippen LogP contribution in [-0.2, 0) is 0 Å². The van der Waals surface area contributed by atoms with Crippen molar-refractivity contribution in [2.24, 2.45) is 5.29 Å². The van der Waals surface area contributed by atoms with Gasteiger partial charge in [-0.2, -0.15) is 0 Å². The topological polar surface area (TPSA) is 52.9 Å². The second kappa shape index (κ2) is 5.34. The number of benzene rings is 1. The predicted octanol–water partition coefficient (Wildman–Crippen LogP) is 1.72. The highest BCUT2D eigenvalue weighted by molar-refractivity contribution is 5.17. The molecule has 0 heterocycles. The van der Waals surface area contributed by atoms with E-state index in [1.54, 1.807) is 7.05 Å².